The van der Waals surface area contributed by atoms with Gasteiger partial charge in [0.05, 0.1) is 33.0 Å². The van der Waals surface area contributed by atoms with Crippen molar-refractivity contribution in [1.82, 2.24) is 0 Å². The number of rotatable bonds is 9. The van der Waals surface area contributed by atoms with Gasteiger partial charge < -0.3 is 28.8 Å². The van der Waals surface area contributed by atoms with Gasteiger partial charge in [-0.1, -0.05) is 32.9 Å². The lowest BCUT2D eigenvalue weighted by atomic mass is 9.83. The highest BCUT2D eigenvalue weighted by Gasteiger charge is 2.40. The van der Waals surface area contributed by atoms with E-state index in [0.717, 1.165) is 5.56 Å². The van der Waals surface area contributed by atoms with E-state index in [9.17, 15) is 10.2 Å². The molecule has 3 rings (SSSR count). The third-order valence-corrected chi connectivity index (χ3v) is 12.0. The number of hydrogen-bond acceptors (Lipinski definition) is 6. The van der Waals surface area contributed by atoms with Crippen molar-refractivity contribution < 1.29 is 33.2 Å². The Hall–Kier alpha value is -2.39. The molecule has 8 heteroatoms. The van der Waals surface area contributed by atoms with E-state index in [2.05, 4.69) is 33.9 Å². The second-order valence-corrected chi connectivity index (χ2v) is 16.5. The molecule has 0 aromatic heterocycles. The third-order valence-electron chi connectivity index (χ3n) is 7.45. The topological polar surface area (TPSA) is 77.4 Å². The van der Waals surface area contributed by atoms with E-state index in [4.69, 9.17) is 18.6 Å². The molecule has 1 aliphatic rings. The summed E-state index contributed by atoms with van der Waals surface area (Å²) in [4.78, 5) is 0. The number of aliphatic hydroxyl groups excluding tert-OH is 2. The molecule has 37 heavy (non-hydrogen) atoms. The molecule has 0 saturated heterocycles. The van der Waals surface area contributed by atoms with Crippen LogP contribution in [-0.4, -0.2) is 51.1 Å². The van der Waals surface area contributed by atoms with Crippen molar-refractivity contribution >= 4 is 14.4 Å². The van der Waals surface area contributed by atoms with Crippen molar-refractivity contribution in [3.63, 3.8) is 0 Å². The molecule has 2 aromatic carbocycles. The molecule has 2 aromatic rings. The molecule has 3 atom stereocenters. The van der Waals surface area contributed by atoms with E-state index in [0.29, 0.717) is 17.1 Å². The molecule has 1 aliphatic heterocycles. The lowest BCUT2D eigenvalue weighted by Gasteiger charge is -2.38. The van der Waals surface area contributed by atoms with Crippen LogP contribution in [0.1, 0.15) is 63.3 Å². The standard InChI is InChI=1S/C29H41FO6Si/c1-28(2,3)37(8,9)35-17-22(31)26(20-15-24(33-6)25(34-7)16-21(20)30)27(32)19-10-11-23-18(14-19)12-13-29(4,5)36-23/h10-16,22,26-27,31-32H,17H2,1-9H3/t22-,26+,27+/m1/s1. The van der Waals surface area contributed by atoms with E-state index in [1.54, 1.807) is 18.2 Å². The summed E-state index contributed by atoms with van der Waals surface area (Å²) in [6.07, 6.45) is 1.45. The second kappa shape index (κ2) is 10.8. The van der Waals surface area contributed by atoms with Gasteiger partial charge in [0.15, 0.2) is 19.8 Å². The summed E-state index contributed by atoms with van der Waals surface area (Å²) in [6, 6.07) is 8.02. The molecule has 0 fully saturated rings. The van der Waals surface area contributed by atoms with Gasteiger partial charge in [0.25, 0.3) is 0 Å². The maximum absolute atomic E-state index is 15.4. The lowest BCUT2D eigenvalue weighted by Crippen LogP contribution is -2.44. The molecule has 0 amide bonds. The predicted molar refractivity (Wildman–Crippen MR) is 147 cm³/mol. The van der Waals surface area contributed by atoms with Crippen LogP contribution in [0, 0.1) is 5.82 Å². The maximum Gasteiger partial charge on any atom is 0.192 e. The molecule has 0 unspecified atom stereocenters. The molecule has 0 aliphatic carbocycles. The van der Waals surface area contributed by atoms with Crippen LogP contribution in [0.2, 0.25) is 18.1 Å². The van der Waals surface area contributed by atoms with Crippen molar-refractivity contribution in [2.75, 3.05) is 20.8 Å². The molecular formula is C29H41FO6Si. The van der Waals surface area contributed by atoms with Gasteiger partial charge in [0, 0.05) is 23.1 Å². The molecular weight excluding hydrogens is 491 g/mol. The molecule has 1 heterocycles. The van der Waals surface area contributed by atoms with Crippen LogP contribution in [0.15, 0.2) is 36.4 Å². The first-order valence-corrected chi connectivity index (χ1v) is 15.4. The van der Waals surface area contributed by atoms with Gasteiger partial charge in [0.2, 0.25) is 0 Å². The average Bonchev–Trinajstić information content (AvgIpc) is 2.82. The summed E-state index contributed by atoms with van der Waals surface area (Å²) < 4.78 is 38.3. The Morgan fingerprint density at radius 2 is 1.65 bits per heavy atom. The fraction of sp³-hybridized carbons (Fsp3) is 0.517. The van der Waals surface area contributed by atoms with Crippen molar-refractivity contribution in [3.8, 4) is 17.2 Å². The summed E-state index contributed by atoms with van der Waals surface area (Å²) in [7, 11) is 0.670. The Kier molecular flexibility index (Phi) is 8.49. The Bertz CT molecular complexity index is 1140. The van der Waals surface area contributed by atoms with Crippen molar-refractivity contribution in [2.45, 2.75) is 76.5 Å². The first kappa shape index (κ1) is 29.2. The number of halogens is 1. The third kappa shape index (κ3) is 6.37. The number of fused-ring (bicyclic) bond motifs is 1. The highest BCUT2D eigenvalue weighted by Crippen LogP contribution is 2.43. The van der Waals surface area contributed by atoms with Gasteiger partial charge in [-0.15, -0.1) is 0 Å². The van der Waals surface area contributed by atoms with Crippen LogP contribution in [-0.2, 0) is 4.43 Å². The lowest BCUT2D eigenvalue weighted by molar-refractivity contribution is 0.0194. The van der Waals surface area contributed by atoms with Gasteiger partial charge >= 0.3 is 0 Å². The van der Waals surface area contributed by atoms with Crippen LogP contribution in [0.4, 0.5) is 4.39 Å². The predicted octanol–water partition coefficient (Wildman–Crippen LogP) is 6.23. The average molecular weight is 533 g/mol. The monoisotopic (exact) mass is 532 g/mol. The zero-order valence-corrected chi connectivity index (χ0v) is 24.4. The normalized spacial score (nSPS) is 17.4. The molecule has 0 saturated carbocycles. The zero-order valence-electron chi connectivity index (χ0n) is 23.4. The smallest absolute Gasteiger partial charge is 0.192 e. The Labute approximate surface area is 221 Å². The Balaban J connectivity index is 2.04. The quantitative estimate of drug-likeness (QED) is 0.373. The first-order chi connectivity index (χ1) is 17.1. The number of ether oxygens (including phenoxy) is 3. The number of benzene rings is 2. The van der Waals surface area contributed by atoms with Gasteiger partial charge in [-0.25, -0.2) is 4.39 Å². The van der Waals surface area contributed by atoms with E-state index < -0.39 is 37.9 Å². The minimum absolute atomic E-state index is 0.0475. The van der Waals surface area contributed by atoms with Crippen LogP contribution >= 0.6 is 0 Å². The Morgan fingerprint density at radius 3 is 2.24 bits per heavy atom. The highest BCUT2D eigenvalue weighted by atomic mass is 28.4. The second-order valence-electron chi connectivity index (χ2n) is 11.7. The van der Waals surface area contributed by atoms with E-state index in [1.165, 1.54) is 26.4 Å². The van der Waals surface area contributed by atoms with Gasteiger partial charge in [-0.3, -0.25) is 0 Å². The molecule has 0 radical (unpaired) electrons. The zero-order chi connectivity index (χ0) is 27.8. The van der Waals surface area contributed by atoms with Gasteiger partial charge in [0.1, 0.15) is 17.2 Å². The molecule has 0 bridgehead atoms. The minimum atomic E-state index is -2.21. The van der Waals surface area contributed by atoms with E-state index in [-0.39, 0.29) is 23.0 Å². The van der Waals surface area contributed by atoms with Crippen molar-refractivity contribution in [3.05, 3.63) is 58.9 Å². The van der Waals surface area contributed by atoms with E-state index >= 15 is 4.39 Å². The SMILES string of the molecule is COc1cc(F)c([C@@H]([C@H](O)CO[Si](C)(C)C(C)(C)C)[C@@H](O)c2ccc3c(c2)C=CC(C)(C)O3)cc1OC. The minimum Gasteiger partial charge on any atom is -0.493 e. The van der Waals surface area contributed by atoms with Crippen LogP contribution in [0.5, 0.6) is 17.2 Å². The fourth-order valence-electron chi connectivity index (χ4n) is 4.12. The largest absolute Gasteiger partial charge is 0.493 e. The highest BCUT2D eigenvalue weighted by molar-refractivity contribution is 6.74. The number of methoxy groups -OCH3 is 2. The maximum atomic E-state index is 15.4. The van der Waals surface area contributed by atoms with Crippen LogP contribution < -0.4 is 14.2 Å². The summed E-state index contributed by atoms with van der Waals surface area (Å²) >= 11 is 0. The summed E-state index contributed by atoms with van der Waals surface area (Å²) in [5, 5.41) is 22.9. The number of hydrogen-bond donors (Lipinski definition) is 2. The molecule has 0 spiro atoms. The summed E-state index contributed by atoms with van der Waals surface area (Å²) in [6.45, 7) is 14.4. The number of aliphatic hydroxyl groups is 2. The molecule has 204 valence electrons. The van der Waals surface area contributed by atoms with Crippen molar-refractivity contribution in [1.29, 1.82) is 0 Å². The van der Waals surface area contributed by atoms with Crippen LogP contribution in [0.3, 0.4) is 0 Å². The molecule has 2 N–H and O–H groups in total. The molecule has 6 nitrogen and oxygen atoms in total. The fourth-order valence-corrected chi connectivity index (χ4v) is 5.14. The van der Waals surface area contributed by atoms with E-state index in [1.807, 2.05) is 26.0 Å². The summed E-state index contributed by atoms with van der Waals surface area (Å²) in [5.74, 6) is -0.428. The van der Waals surface area contributed by atoms with Crippen LogP contribution in [0.25, 0.3) is 6.08 Å². The first-order valence-electron chi connectivity index (χ1n) is 12.5. The Morgan fingerprint density at radius 1 is 1.03 bits per heavy atom. The van der Waals surface area contributed by atoms with Gasteiger partial charge in [-0.2, -0.15) is 0 Å². The van der Waals surface area contributed by atoms with Gasteiger partial charge in [-0.05, 0) is 61.8 Å². The summed E-state index contributed by atoms with van der Waals surface area (Å²) in [5.41, 5.74) is 1.00. The van der Waals surface area contributed by atoms with Crippen molar-refractivity contribution in [2.24, 2.45) is 0 Å².